The number of hydrogen-bond acceptors (Lipinski definition) is 3. The van der Waals surface area contributed by atoms with E-state index in [1.54, 1.807) is 6.07 Å². The highest BCUT2D eigenvalue weighted by atomic mass is 79.9. The molecule has 0 heterocycles. The first-order chi connectivity index (χ1) is 10.4. The van der Waals surface area contributed by atoms with Crippen LogP contribution in [0.3, 0.4) is 0 Å². The van der Waals surface area contributed by atoms with Gasteiger partial charge in [0.15, 0.2) is 5.05 Å². The summed E-state index contributed by atoms with van der Waals surface area (Å²) in [5.41, 5.74) is 0.949. The lowest BCUT2D eigenvalue weighted by Gasteiger charge is -2.15. The number of nitrogens with one attached hydrogen (secondary N) is 1. The van der Waals surface area contributed by atoms with Gasteiger partial charge in [0.05, 0.1) is 11.8 Å². The smallest absolute Gasteiger partial charge is 0.224 e. The third kappa shape index (κ3) is 6.01. The fourth-order valence-corrected chi connectivity index (χ4v) is 2.55. The highest BCUT2D eigenvalue weighted by molar-refractivity contribution is 9.10. The molecule has 0 aliphatic heterocycles. The van der Waals surface area contributed by atoms with Gasteiger partial charge in [0.2, 0.25) is 5.91 Å². The maximum Gasteiger partial charge on any atom is 0.224 e. The Morgan fingerprint density at radius 2 is 2.14 bits per heavy atom. The molecule has 0 fully saturated rings. The zero-order chi connectivity index (χ0) is 16.7. The largest absolute Gasteiger partial charge is 0.484 e. The predicted octanol–water partition coefficient (Wildman–Crippen LogP) is 5.01. The van der Waals surface area contributed by atoms with Gasteiger partial charge >= 0.3 is 0 Å². The van der Waals surface area contributed by atoms with Crippen LogP contribution in [0.2, 0.25) is 0 Å². The standard InChI is InChI=1S/C16H21BrFNO2S/c1-4-6-15(20)19-14-7-11(12(17)9-13(14)18)8-16(22)21-10(3)5-2/h7,9-10H,4-6,8H2,1-3H3,(H,19,20). The molecule has 0 saturated carbocycles. The summed E-state index contributed by atoms with van der Waals surface area (Å²) in [4.78, 5) is 11.6. The molecule has 0 aliphatic carbocycles. The van der Waals surface area contributed by atoms with Crippen molar-refractivity contribution in [3.05, 3.63) is 28.0 Å². The van der Waals surface area contributed by atoms with E-state index in [1.165, 1.54) is 6.07 Å². The molecule has 0 aromatic heterocycles. The van der Waals surface area contributed by atoms with Gasteiger partial charge < -0.3 is 10.1 Å². The Labute approximate surface area is 144 Å². The Bertz CT molecular complexity index is 551. The number of hydrogen-bond donors (Lipinski definition) is 1. The quantitative estimate of drug-likeness (QED) is 0.665. The minimum Gasteiger partial charge on any atom is -0.484 e. The molecular formula is C16H21BrFNO2S. The summed E-state index contributed by atoms with van der Waals surface area (Å²) in [6.07, 6.45) is 2.38. The number of ether oxygens (including phenoxy) is 1. The molecule has 1 rings (SSSR count). The molecular weight excluding hydrogens is 369 g/mol. The number of carbonyl (C=O) groups excluding carboxylic acids is 1. The second kappa shape index (κ2) is 9.20. The van der Waals surface area contributed by atoms with E-state index in [2.05, 4.69) is 21.2 Å². The number of halogens is 2. The molecule has 3 nitrogen and oxygen atoms in total. The van der Waals surface area contributed by atoms with E-state index in [0.29, 0.717) is 28.8 Å². The lowest BCUT2D eigenvalue weighted by Crippen LogP contribution is -2.15. The van der Waals surface area contributed by atoms with Gasteiger partial charge in [0.25, 0.3) is 0 Å². The highest BCUT2D eigenvalue weighted by Crippen LogP contribution is 2.26. The maximum absolute atomic E-state index is 13.9. The second-order valence-electron chi connectivity index (χ2n) is 5.11. The predicted molar refractivity (Wildman–Crippen MR) is 94.8 cm³/mol. The molecule has 1 N–H and O–H groups in total. The maximum atomic E-state index is 13.9. The third-order valence-electron chi connectivity index (χ3n) is 3.13. The van der Waals surface area contributed by atoms with E-state index < -0.39 is 5.82 Å². The van der Waals surface area contributed by atoms with E-state index in [9.17, 15) is 9.18 Å². The van der Waals surface area contributed by atoms with Gasteiger partial charge in [-0.3, -0.25) is 4.79 Å². The van der Waals surface area contributed by atoms with Crippen LogP contribution in [0.15, 0.2) is 16.6 Å². The van der Waals surface area contributed by atoms with Crippen molar-refractivity contribution in [2.24, 2.45) is 0 Å². The van der Waals surface area contributed by atoms with Gasteiger partial charge in [0, 0.05) is 17.3 Å². The zero-order valence-corrected chi connectivity index (χ0v) is 15.4. The Hall–Kier alpha value is -1.01. The minimum atomic E-state index is -0.478. The van der Waals surface area contributed by atoms with Crippen LogP contribution in [0.4, 0.5) is 10.1 Å². The van der Waals surface area contributed by atoms with Crippen molar-refractivity contribution in [3.8, 4) is 0 Å². The van der Waals surface area contributed by atoms with Gasteiger partial charge in [-0.25, -0.2) is 4.39 Å². The van der Waals surface area contributed by atoms with Gasteiger partial charge in [-0.15, -0.1) is 0 Å². The third-order valence-corrected chi connectivity index (χ3v) is 4.11. The summed E-state index contributed by atoms with van der Waals surface area (Å²) in [5, 5.41) is 3.04. The SMILES string of the molecule is CCCC(=O)Nc1cc(CC(=S)OC(C)CC)c(Br)cc1F. The second-order valence-corrected chi connectivity index (χ2v) is 6.42. The van der Waals surface area contributed by atoms with E-state index >= 15 is 0 Å². The Morgan fingerprint density at radius 1 is 1.45 bits per heavy atom. The molecule has 6 heteroatoms. The number of benzene rings is 1. The molecule has 1 unspecified atom stereocenters. The highest BCUT2D eigenvalue weighted by Gasteiger charge is 2.13. The summed E-state index contributed by atoms with van der Waals surface area (Å²) >= 11 is 8.54. The average molecular weight is 390 g/mol. The molecule has 0 bridgehead atoms. The number of carbonyl (C=O) groups is 1. The van der Waals surface area contributed by atoms with E-state index in [4.69, 9.17) is 17.0 Å². The summed E-state index contributed by atoms with van der Waals surface area (Å²) in [5.74, 6) is -0.679. The van der Waals surface area contributed by atoms with Crippen LogP contribution in [-0.2, 0) is 16.0 Å². The molecule has 1 atom stereocenters. The first-order valence-electron chi connectivity index (χ1n) is 7.34. The number of amides is 1. The molecule has 0 radical (unpaired) electrons. The van der Waals surface area contributed by atoms with Crippen LogP contribution < -0.4 is 5.32 Å². The lowest BCUT2D eigenvalue weighted by atomic mass is 10.1. The first kappa shape index (κ1) is 19.0. The first-order valence-corrected chi connectivity index (χ1v) is 8.54. The average Bonchev–Trinajstić information content (AvgIpc) is 2.44. The van der Waals surface area contributed by atoms with Crippen LogP contribution in [0.5, 0.6) is 0 Å². The molecule has 1 aromatic rings. The summed E-state index contributed by atoms with van der Waals surface area (Å²) in [7, 11) is 0. The van der Waals surface area contributed by atoms with Crippen molar-refractivity contribution in [3.63, 3.8) is 0 Å². The van der Waals surface area contributed by atoms with E-state index in [1.807, 2.05) is 20.8 Å². The Morgan fingerprint density at radius 3 is 2.73 bits per heavy atom. The topological polar surface area (TPSA) is 38.3 Å². The van der Waals surface area contributed by atoms with Crippen molar-refractivity contribution in [1.29, 1.82) is 0 Å². The van der Waals surface area contributed by atoms with Crippen molar-refractivity contribution >= 4 is 44.8 Å². The monoisotopic (exact) mass is 389 g/mol. The molecule has 0 saturated heterocycles. The van der Waals surface area contributed by atoms with Gasteiger partial charge in [-0.05, 0) is 49.7 Å². The normalized spacial score (nSPS) is 11.9. The molecule has 1 aromatic carbocycles. The fraction of sp³-hybridized carbons (Fsp3) is 0.500. The summed E-state index contributed by atoms with van der Waals surface area (Å²) < 4.78 is 20.1. The summed E-state index contributed by atoms with van der Waals surface area (Å²) in [6, 6.07) is 2.93. The van der Waals surface area contributed by atoms with Crippen molar-refractivity contribution in [2.75, 3.05) is 5.32 Å². The fourth-order valence-electron chi connectivity index (χ4n) is 1.77. The van der Waals surface area contributed by atoms with Crippen LogP contribution in [-0.4, -0.2) is 17.1 Å². The number of thiocarbonyl (C=S) groups is 1. The minimum absolute atomic E-state index is 0.0513. The van der Waals surface area contributed by atoms with Crippen LogP contribution >= 0.6 is 28.1 Å². The molecule has 0 spiro atoms. The van der Waals surface area contributed by atoms with Gasteiger partial charge in [-0.1, -0.05) is 29.8 Å². The van der Waals surface area contributed by atoms with Crippen molar-refractivity contribution in [2.45, 2.75) is 52.6 Å². The van der Waals surface area contributed by atoms with E-state index in [-0.39, 0.29) is 17.7 Å². The van der Waals surface area contributed by atoms with Crippen LogP contribution in [0, 0.1) is 5.82 Å². The molecule has 122 valence electrons. The van der Waals surface area contributed by atoms with Crippen molar-refractivity contribution < 1.29 is 13.9 Å². The van der Waals surface area contributed by atoms with Gasteiger partial charge in [0.1, 0.15) is 5.82 Å². The molecule has 1 amide bonds. The van der Waals surface area contributed by atoms with Crippen molar-refractivity contribution in [1.82, 2.24) is 0 Å². The molecule has 0 aliphatic rings. The van der Waals surface area contributed by atoms with Crippen LogP contribution in [0.1, 0.15) is 45.6 Å². The van der Waals surface area contributed by atoms with E-state index in [0.717, 1.165) is 12.0 Å². The lowest BCUT2D eigenvalue weighted by molar-refractivity contribution is -0.116. The van der Waals surface area contributed by atoms with Gasteiger partial charge in [-0.2, -0.15) is 0 Å². The Balaban J connectivity index is 2.87. The zero-order valence-electron chi connectivity index (χ0n) is 13.0. The summed E-state index contributed by atoms with van der Waals surface area (Å²) in [6.45, 7) is 5.86. The van der Waals surface area contributed by atoms with Crippen LogP contribution in [0.25, 0.3) is 0 Å². The number of anilines is 1. The molecule has 22 heavy (non-hydrogen) atoms. The Kier molecular flexibility index (Phi) is 7.96. The number of rotatable bonds is 7.